The Morgan fingerprint density at radius 1 is 1.70 bits per heavy atom. The molecule has 1 atom stereocenters. The first-order valence-electron chi connectivity index (χ1n) is 6.94. The van der Waals surface area contributed by atoms with E-state index in [1.54, 1.807) is 11.3 Å². The van der Waals surface area contributed by atoms with Crippen molar-refractivity contribution < 1.29 is 4.79 Å². The van der Waals surface area contributed by atoms with Crippen LogP contribution in [0, 0.1) is 5.92 Å². The summed E-state index contributed by atoms with van der Waals surface area (Å²) in [6.45, 7) is 6.35. The lowest BCUT2D eigenvalue weighted by molar-refractivity contribution is -0.116. The molecule has 3 nitrogen and oxygen atoms in total. The van der Waals surface area contributed by atoms with Gasteiger partial charge in [0.15, 0.2) is 0 Å². The summed E-state index contributed by atoms with van der Waals surface area (Å²) < 4.78 is 0.798. The maximum Gasteiger partial charge on any atom is 0.243 e. The molecule has 0 unspecified atom stereocenters. The quantitative estimate of drug-likeness (QED) is 0.847. The number of carbonyl (C=O) groups is 1. The van der Waals surface area contributed by atoms with Crippen molar-refractivity contribution in [1.29, 1.82) is 0 Å². The number of nitrogens with one attached hydrogen (secondary N) is 1. The maximum atomic E-state index is 11.3. The maximum absolute atomic E-state index is 11.3. The topological polar surface area (TPSA) is 32.3 Å². The van der Waals surface area contributed by atoms with Gasteiger partial charge >= 0.3 is 0 Å². The van der Waals surface area contributed by atoms with Crippen molar-refractivity contribution in [2.45, 2.75) is 25.8 Å². The van der Waals surface area contributed by atoms with Crippen LogP contribution in [0.2, 0.25) is 4.34 Å². The molecule has 2 rings (SSSR count). The van der Waals surface area contributed by atoms with Gasteiger partial charge in [-0.05, 0) is 56.5 Å². The van der Waals surface area contributed by atoms with Crippen molar-refractivity contribution in [2.24, 2.45) is 5.92 Å². The molecule has 1 fully saturated rings. The summed E-state index contributed by atoms with van der Waals surface area (Å²) in [4.78, 5) is 14.8. The standard InChI is InChI=1S/C15H21ClN2OS/c1-3-15(19)17-9-13-12(8-14(16)20-13)7-11-5-4-6-18(2)10-11/h3,8,11H,1,4-7,9-10H2,2H3,(H,17,19)/t11-/m1/s1. The molecule has 20 heavy (non-hydrogen) atoms. The van der Waals surface area contributed by atoms with Gasteiger partial charge in [-0.2, -0.15) is 0 Å². The van der Waals surface area contributed by atoms with Crippen LogP contribution in [-0.4, -0.2) is 30.9 Å². The molecule has 0 aromatic carbocycles. The van der Waals surface area contributed by atoms with E-state index in [0.29, 0.717) is 12.5 Å². The molecule has 5 heteroatoms. The monoisotopic (exact) mass is 312 g/mol. The molecule has 0 radical (unpaired) electrons. The van der Waals surface area contributed by atoms with Gasteiger partial charge < -0.3 is 10.2 Å². The molecule has 0 saturated carbocycles. The Morgan fingerprint density at radius 2 is 2.50 bits per heavy atom. The van der Waals surface area contributed by atoms with Gasteiger partial charge in [0.25, 0.3) is 0 Å². The second-order valence-corrected chi connectivity index (χ2v) is 7.16. The molecule has 0 aliphatic carbocycles. The van der Waals surface area contributed by atoms with Gasteiger partial charge in [0, 0.05) is 11.4 Å². The Balaban J connectivity index is 1.99. The second kappa shape index (κ2) is 7.25. The van der Waals surface area contributed by atoms with Crippen LogP contribution in [0.1, 0.15) is 23.3 Å². The summed E-state index contributed by atoms with van der Waals surface area (Å²) in [7, 11) is 2.18. The lowest BCUT2D eigenvalue weighted by Crippen LogP contribution is -2.33. The van der Waals surface area contributed by atoms with Crippen LogP contribution in [0.3, 0.4) is 0 Å². The van der Waals surface area contributed by atoms with Crippen LogP contribution in [-0.2, 0) is 17.8 Å². The number of thiophene rings is 1. The summed E-state index contributed by atoms with van der Waals surface area (Å²) in [6, 6.07) is 2.05. The van der Waals surface area contributed by atoms with E-state index in [4.69, 9.17) is 11.6 Å². The lowest BCUT2D eigenvalue weighted by atomic mass is 9.92. The third-order valence-corrected chi connectivity index (χ3v) is 5.01. The molecule has 1 aliphatic heterocycles. The van der Waals surface area contributed by atoms with E-state index >= 15 is 0 Å². The van der Waals surface area contributed by atoms with Crippen molar-refractivity contribution in [2.75, 3.05) is 20.1 Å². The molecule has 1 N–H and O–H groups in total. The van der Waals surface area contributed by atoms with Crippen LogP contribution < -0.4 is 5.32 Å². The van der Waals surface area contributed by atoms with E-state index in [-0.39, 0.29) is 5.91 Å². The minimum atomic E-state index is -0.141. The molecule has 0 spiro atoms. The fourth-order valence-corrected chi connectivity index (χ4v) is 4.01. The summed E-state index contributed by atoms with van der Waals surface area (Å²) in [5, 5.41) is 2.83. The molecule has 0 bridgehead atoms. The normalized spacial score (nSPS) is 19.8. The van der Waals surface area contributed by atoms with E-state index in [1.165, 1.54) is 35.9 Å². The third-order valence-electron chi connectivity index (χ3n) is 3.71. The Morgan fingerprint density at radius 3 is 3.20 bits per heavy atom. The first kappa shape index (κ1) is 15.5. The molecule has 1 aromatic heterocycles. The summed E-state index contributed by atoms with van der Waals surface area (Å²) in [5.41, 5.74) is 1.28. The van der Waals surface area contributed by atoms with E-state index < -0.39 is 0 Å². The SMILES string of the molecule is C=CC(=O)NCc1sc(Cl)cc1C[C@H]1CCCN(C)C1. The van der Waals surface area contributed by atoms with E-state index in [1.807, 2.05) is 0 Å². The number of nitrogens with zero attached hydrogens (tertiary/aromatic N) is 1. The van der Waals surface area contributed by atoms with Crippen molar-refractivity contribution in [3.8, 4) is 0 Å². The second-order valence-electron chi connectivity index (χ2n) is 5.40. The van der Waals surface area contributed by atoms with Gasteiger partial charge in [-0.3, -0.25) is 4.79 Å². The van der Waals surface area contributed by atoms with Crippen molar-refractivity contribution in [1.82, 2.24) is 10.2 Å². The highest BCUT2D eigenvalue weighted by molar-refractivity contribution is 7.16. The zero-order valence-electron chi connectivity index (χ0n) is 11.8. The lowest BCUT2D eigenvalue weighted by Gasteiger charge is -2.29. The molecule has 110 valence electrons. The fourth-order valence-electron chi connectivity index (χ4n) is 2.74. The first-order valence-corrected chi connectivity index (χ1v) is 8.14. The largest absolute Gasteiger partial charge is 0.348 e. The van der Waals surface area contributed by atoms with E-state index in [9.17, 15) is 4.79 Å². The number of hydrogen-bond donors (Lipinski definition) is 1. The number of halogens is 1. The van der Waals surface area contributed by atoms with E-state index in [0.717, 1.165) is 17.3 Å². The van der Waals surface area contributed by atoms with Gasteiger partial charge in [0.05, 0.1) is 10.9 Å². The summed E-state index contributed by atoms with van der Waals surface area (Å²) >= 11 is 7.70. The number of piperidine rings is 1. The molecular formula is C15H21ClN2OS. The predicted molar refractivity (Wildman–Crippen MR) is 85.3 cm³/mol. The van der Waals surface area contributed by atoms with Crippen LogP contribution in [0.25, 0.3) is 0 Å². The Kier molecular flexibility index (Phi) is 5.64. The van der Waals surface area contributed by atoms with Crippen molar-refractivity contribution in [3.05, 3.63) is 33.5 Å². The highest BCUT2D eigenvalue weighted by Gasteiger charge is 2.20. The summed E-state index contributed by atoms with van der Waals surface area (Å²) in [5.74, 6) is 0.547. The third kappa shape index (κ3) is 4.33. The Hall–Kier alpha value is -0.840. The average molecular weight is 313 g/mol. The number of rotatable bonds is 5. The van der Waals surface area contributed by atoms with Gasteiger partial charge in [0.2, 0.25) is 5.91 Å². The predicted octanol–water partition coefficient (Wildman–Crippen LogP) is 3.09. The van der Waals surface area contributed by atoms with E-state index in [2.05, 4.69) is 29.9 Å². The average Bonchev–Trinajstić information content (AvgIpc) is 2.76. The smallest absolute Gasteiger partial charge is 0.243 e. The van der Waals surface area contributed by atoms with Gasteiger partial charge in [-0.15, -0.1) is 11.3 Å². The Bertz CT molecular complexity index is 486. The molecule has 1 amide bonds. The minimum Gasteiger partial charge on any atom is -0.348 e. The number of amides is 1. The molecule has 1 aliphatic rings. The van der Waals surface area contributed by atoms with Crippen LogP contribution >= 0.6 is 22.9 Å². The highest BCUT2D eigenvalue weighted by Crippen LogP contribution is 2.30. The van der Waals surface area contributed by atoms with Gasteiger partial charge in [-0.25, -0.2) is 0 Å². The van der Waals surface area contributed by atoms with Crippen LogP contribution in [0.4, 0.5) is 0 Å². The number of likely N-dealkylation sites (tertiary alicyclic amines) is 1. The first-order chi connectivity index (χ1) is 9.58. The zero-order chi connectivity index (χ0) is 14.5. The Labute approximate surface area is 129 Å². The zero-order valence-corrected chi connectivity index (χ0v) is 13.4. The molecule has 1 saturated heterocycles. The van der Waals surface area contributed by atoms with Crippen LogP contribution in [0.5, 0.6) is 0 Å². The molecular weight excluding hydrogens is 292 g/mol. The fraction of sp³-hybridized carbons (Fsp3) is 0.533. The minimum absolute atomic E-state index is 0.141. The highest BCUT2D eigenvalue weighted by atomic mass is 35.5. The number of carbonyl (C=O) groups excluding carboxylic acids is 1. The summed E-state index contributed by atoms with van der Waals surface area (Å²) in [6.07, 6.45) is 4.88. The van der Waals surface area contributed by atoms with Gasteiger partial charge in [0.1, 0.15) is 0 Å². The van der Waals surface area contributed by atoms with Crippen molar-refractivity contribution >= 4 is 28.8 Å². The molecule has 2 heterocycles. The number of hydrogen-bond acceptors (Lipinski definition) is 3. The van der Waals surface area contributed by atoms with Crippen molar-refractivity contribution in [3.63, 3.8) is 0 Å². The van der Waals surface area contributed by atoms with Gasteiger partial charge in [-0.1, -0.05) is 18.2 Å². The van der Waals surface area contributed by atoms with Crippen LogP contribution in [0.15, 0.2) is 18.7 Å². The molecule has 1 aromatic rings.